The minimum Gasteiger partial charge on any atom is -0.462 e. The fraction of sp³-hybridized carbons (Fsp3) is 0.938. The van der Waals surface area contributed by atoms with E-state index in [1.165, 1.54) is 148 Å². The molecule has 3 N–H and O–H groups in total. The summed E-state index contributed by atoms with van der Waals surface area (Å²) in [4.78, 5) is 72.1. The summed E-state index contributed by atoms with van der Waals surface area (Å²) in [6.07, 6.45) is 44.5. The van der Waals surface area contributed by atoms with Gasteiger partial charge in [-0.25, -0.2) is 9.13 Å². The first-order valence-corrected chi connectivity index (χ1v) is 36.8. The normalized spacial score (nSPS) is 14.2. The highest BCUT2D eigenvalue weighted by Crippen LogP contribution is 2.45. The maximum atomic E-state index is 13.0. The molecule has 0 radical (unpaired) electrons. The van der Waals surface area contributed by atoms with Gasteiger partial charge in [0.15, 0.2) is 12.2 Å². The average Bonchev–Trinajstić information content (AvgIpc) is 3.47. The van der Waals surface area contributed by atoms with Crippen molar-refractivity contribution in [2.24, 2.45) is 0 Å². The largest absolute Gasteiger partial charge is 0.472 e. The molecule has 0 saturated heterocycles. The summed E-state index contributed by atoms with van der Waals surface area (Å²) in [6.45, 7) is 4.85. The predicted molar refractivity (Wildman–Crippen MR) is 331 cm³/mol. The zero-order valence-electron chi connectivity index (χ0n) is 53.2. The maximum absolute atomic E-state index is 13.0. The third kappa shape index (κ3) is 58.8. The highest BCUT2D eigenvalue weighted by molar-refractivity contribution is 7.47. The number of phosphoric ester groups is 2. The van der Waals surface area contributed by atoms with Crippen molar-refractivity contribution in [2.45, 2.75) is 348 Å². The predicted octanol–water partition coefficient (Wildman–Crippen LogP) is 17.9. The molecule has 0 aromatic heterocycles. The molecule has 17 nitrogen and oxygen atoms in total. The van der Waals surface area contributed by atoms with Gasteiger partial charge in [0.25, 0.3) is 0 Å². The quantitative estimate of drug-likeness (QED) is 0.0222. The van der Waals surface area contributed by atoms with Gasteiger partial charge in [-0.3, -0.25) is 37.3 Å². The number of esters is 4. The molecule has 492 valence electrons. The summed E-state index contributed by atoms with van der Waals surface area (Å²) in [5.41, 5.74) is 0. The number of unbranched alkanes of at least 4 members (excludes halogenated alkanes) is 39. The molecule has 5 atom stereocenters. The lowest BCUT2D eigenvalue weighted by Gasteiger charge is -2.21. The average molecular weight is 1230 g/mol. The molecule has 0 spiro atoms. The molecule has 0 aliphatic carbocycles. The molecule has 0 fully saturated rings. The third-order valence-corrected chi connectivity index (χ3v) is 16.8. The Bertz CT molecular complexity index is 1600. The lowest BCUT2D eigenvalue weighted by molar-refractivity contribution is -0.161. The molecule has 0 saturated carbocycles. The monoisotopic (exact) mass is 1230 g/mol. The Balaban J connectivity index is 5.19. The summed E-state index contributed by atoms with van der Waals surface area (Å²) in [7, 11) is -9.88. The number of phosphoric acid groups is 2. The van der Waals surface area contributed by atoms with Gasteiger partial charge < -0.3 is 33.8 Å². The maximum Gasteiger partial charge on any atom is 0.472 e. The zero-order valence-corrected chi connectivity index (χ0v) is 54.9. The number of hydrogen-bond donors (Lipinski definition) is 3. The fourth-order valence-corrected chi connectivity index (χ4v) is 11.2. The summed E-state index contributed by atoms with van der Waals surface area (Å²) >= 11 is 0. The molecule has 0 aromatic rings. The molecule has 83 heavy (non-hydrogen) atoms. The van der Waals surface area contributed by atoms with E-state index in [0.717, 1.165) is 103 Å². The van der Waals surface area contributed by atoms with E-state index in [1.54, 1.807) is 0 Å². The summed E-state index contributed by atoms with van der Waals surface area (Å²) in [5, 5.41) is 10.5. The van der Waals surface area contributed by atoms with Crippen LogP contribution in [0.4, 0.5) is 0 Å². The van der Waals surface area contributed by atoms with E-state index >= 15 is 0 Å². The van der Waals surface area contributed by atoms with Gasteiger partial charge >= 0.3 is 39.5 Å². The Morgan fingerprint density at radius 1 is 0.289 bits per heavy atom. The standard InChI is InChI=1S/C64H124O17P2/c1-5-9-13-17-21-24-26-28-29-30-32-35-39-43-47-51-64(69)81-60(55-75-62(67)49-45-41-37-34-31-27-25-22-18-14-10-6-2)57-79-83(72,73)77-53-58(65)52-76-82(70,71)78-56-59(54-74-61(66)48-44-40-36-20-16-12-8-4)80-63(68)50-46-42-38-33-23-19-15-11-7-3/h58-60,65H,5-57H2,1-4H3,(H,70,71)(H,72,73)/t58-,59+,60+/m0/s1. The molecular formula is C64H124O17P2. The summed E-state index contributed by atoms with van der Waals surface area (Å²) in [6, 6.07) is 0. The van der Waals surface area contributed by atoms with Gasteiger partial charge in [-0.1, -0.05) is 278 Å². The van der Waals surface area contributed by atoms with Crippen LogP contribution in [-0.2, 0) is 65.4 Å². The van der Waals surface area contributed by atoms with Crippen LogP contribution in [0.5, 0.6) is 0 Å². The lowest BCUT2D eigenvalue weighted by Crippen LogP contribution is -2.30. The van der Waals surface area contributed by atoms with Crippen molar-refractivity contribution in [3.8, 4) is 0 Å². The van der Waals surface area contributed by atoms with E-state index in [-0.39, 0.29) is 25.7 Å². The Kier molecular flexibility index (Phi) is 57.7. The number of ether oxygens (including phenoxy) is 4. The van der Waals surface area contributed by atoms with Crippen LogP contribution in [0.2, 0.25) is 0 Å². The molecule has 0 rings (SSSR count). The van der Waals surface area contributed by atoms with Crippen molar-refractivity contribution in [1.29, 1.82) is 0 Å². The molecule has 0 bridgehead atoms. The Hall–Kier alpha value is -1.94. The van der Waals surface area contributed by atoms with Crippen LogP contribution >= 0.6 is 15.6 Å². The van der Waals surface area contributed by atoms with Crippen LogP contribution in [0.1, 0.15) is 329 Å². The summed E-state index contributed by atoms with van der Waals surface area (Å²) in [5.74, 6) is -2.13. The molecule has 19 heteroatoms. The van der Waals surface area contributed by atoms with Gasteiger partial charge in [-0.05, 0) is 25.7 Å². The molecule has 2 unspecified atom stereocenters. The van der Waals surface area contributed by atoms with Gasteiger partial charge in [-0.15, -0.1) is 0 Å². The van der Waals surface area contributed by atoms with Crippen LogP contribution in [-0.4, -0.2) is 96.7 Å². The molecule has 0 aromatic carbocycles. The van der Waals surface area contributed by atoms with Crippen LogP contribution in [0, 0.1) is 0 Å². The van der Waals surface area contributed by atoms with Gasteiger partial charge in [-0.2, -0.15) is 0 Å². The molecule has 0 heterocycles. The SMILES string of the molecule is CCCCCCCCCCCCCCCCCC(=O)O[C@H](COC(=O)CCCCCCCCCCCCCC)COP(=O)(O)OC[C@@H](O)COP(=O)(O)OC[C@@H](COC(=O)CCCCCCCCC)OC(=O)CCCCCCCCCCC. The van der Waals surface area contributed by atoms with Crippen molar-refractivity contribution in [3.63, 3.8) is 0 Å². The topological polar surface area (TPSA) is 237 Å². The number of aliphatic hydroxyl groups excluding tert-OH is 1. The second-order valence-corrected chi connectivity index (χ2v) is 26.1. The summed E-state index contributed by atoms with van der Waals surface area (Å²) < 4.78 is 67.9. The number of aliphatic hydroxyl groups is 1. The van der Waals surface area contributed by atoms with E-state index in [9.17, 15) is 43.2 Å². The van der Waals surface area contributed by atoms with E-state index in [4.69, 9.17) is 37.0 Å². The fourth-order valence-electron chi connectivity index (χ4n) is 9.63. The van der Waals surface area contributed by atoms with Crippen LogP contribution in [0.3, 0.4) is 0 Å². The van der Waals surface area contributed by atoms with Crippen LogP contribution in [0.15, 0.2) is 0 Å². The second kappa shape index (κ2) is 59.0. The zero-order chi connectivity index (χ0) is 61.2. The Morgan fingerprint density at radius 3 is 0.711 bits per heavy atom. The highest BCUT2D eigenvalue weighted by atomic mass is 31.2. The van der Waals surface area contributed by atoms with Crippen molar-refractivity contribution < 1.29 is 80.2 Å². The van der Waals surface area contributed by atoms with Crippen LogP contribution < -0.4 is 0 Å². The highest BCUT2D eigenvalue weighted by Gasteiger charge is 2.30. The molecule has 0 aliphatic rings. The third-order valence-electron chi connectivity index (χ3n) is 14.9. The minimum absolute atomic E-state index is 0.106. The smallest absolute Gasteiger partial charge is 0.462 e. The van der Waals surface area contributed by atoms with E-state index in [0.29, 0.717) is 25.7 Å². The molecule has 0 aliphatic heterocycles. The van der Waals surface area contributed by atoms with E-state index in [1.807, 2.05) is 0 Å². The Labute approximate surface area is 505 Å². The lowest BCUT2D eigenvalue weighted by atomic mass is 10.0. The van der Waals surface area contributed by atoms with Crippen molar-refractivity contribution >= 4 is 39.5 Å². The van der Waals surface area contributed by atoms with Gasteiger partial charge in [0.05, 0.1) is 26.4 Å². The van der Waals surface area contributed by atoms with E-state index < -0.39 is 97.5 Å². The van der Waals surface area contributed by atoms with Crippen molar-refractivity contribution in [2.75, 3.05) is 39.6 Å². The van der Waals surface area contributed by atoms with Gasteiger partial charge in [0, 0.05) is 25.7 Å². The first-order valence-electron chi connectivity index (χ1n) is 33.8. The number of rotatable bonds is 65. The number of carbonyl (C=O) groups is 4. The number of carbonyl (C=O) groups excluding carboxylic acids is 4. The molecule has 0 amide bonds. The van der Waals surface area contributed by atoms with Gasteiger partial charge in [0.1, 0.15) is 19.3 Å². The van der Waals surface area contributed by atoms with E-state index in [2.05, 4.69) is 27.7 Å². The Morgan fingerprint density at radius 2 is 0.482 bits per heavy atom. The van der Waals surface area contributed by atoms with Crippen molar-refractivity contribution in [1.82, 2.24) is 0 Å². The first-order chi connectivity index (χ1) is 40.2. The van der Waals surface area contributed by atoms with Crippen molar-refractivity contribution in [3.05, 3.63) is 0 Å². The first kappa shape index (κ1) is 81.1. The van der Waals surface area contributed by atoms with Gasteiger partial charge in [0.2, 0.25) is 0 Å². The molecular weight excluding hydrogens is 1100 g/mol. The number of hydrogen-bond acceptors (Lipinski definition) is 15. The van der Waals surface area contributed by atoms with Crippen LogP contribution in [0.25, 0.3) is 0 Å². The minimum atomic E-state index is -4.94. The second-order valence-electron chi connectivity index (χ2n) is 23.2.